The van der Waals surface area contributed by atoms with Crippen LogP contribution in [0.4, 0.5) is 4.39 Å². The summed E-state index contributed by atoms with van der Waals surface area (Å²) in [7, 11) is 0. The predicted octanol–water partition coefficient (Wildman–Crippen LogP) is 3.86. The number of piperidine rings is 1. The fourth-order valence-electron chi connectivity index (χ4n) is 2.72. The van der Waals surface area contributed by atoms with Gasteiger partial charge in [0.1, 0.15) is 5.82 Å². The molecule has 0 bridgehead atoms. The third-order valence-corrected chi connectivity index (χ3v) is 4.01. The highest BCUT2D eigenvalue weighted by Crippen LogP contribution is 2.20. The molecule has 1 aromatic rings. The second kappa shape index (κ2) is 8.83. The fraction of sp³-hybridized carbons (Fsp3) is 0.600. The molecular weight excluding hydrogens is 298 g/mol. The van der Waals surface area contributed by atoms with E-state index in [2.05, 4.69) is 17.1 Å². The molecule has 2 nitrogen and oxygen atoms in total. The topological polar surface area (TPSA) is 15.3 Å². The molecule has 1 heterocycles. The van der Waals surface area contributed by atoms with E-state index in [4.69, 9.17) is 11.6 Å². The van der Waals surface area contributed by atoms with E-state index in [1.54, 1.807) is 12.1 Å². The molecule has 114 valence electrons. The van der Waals surface area contributed by atoms with Crippen molar-refractivity contribution in [2.24, 2.45) is 0 Å². The average molecular weight is 321 g/mol. The highest BCUT2D eigenvalue weighted by Gasteiger charge is 2.20. The van der Waals surface area contributed by atoms with Gasteiger partial charge in [-0.2, -0.15) is 0 Å². The lowest BCUT2D eigenvalue weighted by Crippen LogP contribution is -2.43. The van der Waals surface area contributed by atoms with Gasteiger partial charge in [0, 0.05) is 12.6 Å². The van der Waals surface area contributed by atoms with Crippen molar-refractivity contribution in [2.45, 2.75) is 38.8 Å². The van der Waals surface area contributed by atoms with Crippen LogP contribution in [0.5, 0.6) is 0 Å². The van der Waals surface area contributed by atoms with Gasteiger partial charge >= 0.3 is 0 Å². The number of rotatable bonds is 5. The van der Waals surface area contributed by atoms with Crippen molar-refractivity contribution in [2.75, 3.05) is 19.6 Å². The van der Waals surface area contributed by atoms with Crippen molar-refractivity contribution in [1.29, 1.82) is 0 Å². The lowest BCUT2D eigenvalue weighted by Gasteiger charge is -2.34. The second-order valence-electron chi connectivity index (χ2n) is 5.20. The second-order valence-corrected chi connectivity index (χ2v) is 5.61. The van der Waals surface area contributed by atoms with Crippen LogP contribution < -0.4 is 5.32 Å². The molecule has 0 aliphatic carbocycles. The maximum Gasteiger partial charge on any atom is 0.142 e. The monoisotopic (exact) mass is 320 g/mol. The molecule has 1 aromatic carbocycles. The number of hydrogen-bond donors (Lipinski definition) is 1. The summed E-state index contributed by atoms with van der Waals surface area (Å²) < 4.78 is 13.5. The van der Waals surface area contributed by atoms with E-state index < -0.39 is 0 Å². The van der Waals surface area contributed by atoms with Crippen molar-refractivity contribution >= 4 is 24.0 Å². The number of benzene rings is 1. The van der Waals surface area contributed by atoms with E-state index in [1.165, 1.54) is 12.8 Å². The van der Waals surface area contributed by atoms with E-state index in [0.29, 0.717) is 6.04 Å². The smallest absolute Gasteiger partial charge is 0.142 e. The first-order chi connectivity index (χ1) is 9.20. The third-order valence-electron chi connectivity index (χ3n) is 3.71. The van der Waals surface area contributed by atoms with Crippen molar-refractivity contribution in [3.05, 3.63) is 34.6 Å². The summed E-state index contributed by atoms with van der Waals surface area (Å²) >= 11 is 5.73. The highest BCUT2D eigenvalue weighted by molar-refractivity contribution is 6.30. The molecule has 1 aliphatic heterocycles. The van der Waals surface area contributed by atoms with Crippen LogP contribution in [-0.4, -0.2) is 30.6 Å². The molecule has 2 rings (SSSR count). The molecule has 0 aromatic heterocycles. The van der Waals surface area contributed by atoms with Crippen LogP contribution in [0, 0.1) is 5.82 Å². The van der Waals surface area contributed by atoms with Crippen LogP contribution >= 0.6 is 24.0 Å². The van der Waals surface area contributed by atoms with Gasteiger partial charge in [-0.05, 0) is 56.6 Å². The number of nitrogens with one attached hydrogen (secondary N) is 1. The summed E-state index contributed by atoms with van der Waals surface area (Å²) in [5, 5.41) is 3.59. The Labute approximate surface area is 132 Å². The minimum absolute atomic E-state index is 0. The normalized spacial score (nSPS) is 16.2. The lowest BCUT2D eigenvalue weighted by atomic mass is 10.0. The quantitative estimate of drug-likeness (QED) is 0.886. The lowest BCUT2D eigenvalue weighted by molar-refractivity contribution is 0.154. The van der Waals surface area contributed by atoms with E-state index in [0.717, 1.165) is 38.2 Å². The Kier molecular flexibility index (Phi) is 7.82. The van der Waals surface area contributed by atoms with Gasteiger partial charge < -0.3 is 5.32 Å². The Hall–Kier alpha value is -0.350. The molecule has 5 heteroatoms. The maximum atomic E-state index is 13.5. The summed E-state index contributed by atoms with van der Waals surface area (Å²) in [4.78, 5) is 2.48. The van der Waals surface area contributed by atoms with Crippen molar-refractivity contribution in [3.63, 3.8) is 0 Å². The third kappa shape index (κ3) is 4.88. The van der Waals surface area contributed by atoms with Crippen LogP contribution in [0.2, 0.25) is 5.02 Å². The van der Waals surface area contributed by atoms with Crippen LogP contribution in [0.1, 0.15) is 31.7 Å². The van der Waals surface area contributed by atoms with Crippen LogP contribution in [0.15, 0.2) is 18.2 Å². The summed E-state index contributed by atoms with van der Waals surface area (Å²) in [6, 6.07) is 5.75. The largest absolute Gasteiger partial charge is 0.317 e. The van der Waals surface area contributed by atoms with Gasteiger partial charge in [0.15, 0.2) is 0 Å². The molecule has 0 amide bonds. The molecule has 1 fully saturated rings. The fourth-order valence-corrected chi connectivity index (χ4v) is 2.84. The molecule has 0 saturated carbocycles. The van der Waals surface area contributed by atoms with E-state index in [-0.39, 0.29) is 23.2 Å². The Balaban J connectivity index is 0.00000200. The SMILES string of the molecule is CCCN(Cc1ccc(Cl)c(F)c1)C1CCNCC1.Cl. The maximum absolute atomic E-state index is 13.5. The van der Waals surface area contributed by atoms with E-state index in [9.17, 15) is 4.39 Å². The number of nitrogens with zero attached hydrogens (tertiary/aromatic N) is 1. The summed E-state index contributed by atoms with van der Waals surface area (Å²) in [6.07, 6.45) is 3.48. The molecule has 1 N–H and O–H groups in total. The molecule has 0 unspecified atom stereocenters. The molecule has 0 spiro atoms. The number of halogens is 3. The minimum atomic E-state index is -0.319. The molecule has 20 heavy (non-hydrogen) atoms. The van der Waals surface area contributed by atoms with Gasteiger partial charge in [0.2, 0.25) is 0 Å². The van der Waals surface area contributed by atoms with Crippen molar-refractivity contribution < 1.29 is 4.39 Å². The summed E-state index contributed by atoms with van der Waals surface area (Å²) in [5.74, 6) is -0.319. The predicted molar refractivity (Wildman–Crippen MR) is 85.3 cm³/mol. The van der Waals surface area contributed by atoms with Crippen molar-refractivity contribution in [3.8, 4) is 0 Å². The summed E-state index contributed by atoms with van der Waals surface area (Å²) in [5.41, 5.74) is 1.01. The zero-order valence-corrected chi connectivity index (χ0v) is 13.4. The standard InChI is InChI=1S/C15H22ClFN2.ClH/c1-2-9-19(13-5-7-18-8-6-13)11-12-3-4-14(16)15(17)10-12;/h3-4,10,13,18H,2,5-9,11H2,1H3;1H. The Morgan fingerprint density at radius 3 is 2.65 bits per heavy atom. The Bertz CT molecular complexity index is 409. The first-order valence-corrected chi connectivity index (χ1v) is 7.47. The summed E-state index contributed by atoms with van der Waals surface area (Å²) in [6.45, 7) is 6.23. The Morgan fingerprint density at radius 2 is 2.05 bits per heavy atom. The molecule has 0 atom stereocenters. The average Bonchev–Trinajstić information content (AvgIpc) is 2.43. The van der Waals surface area contributed by atoms with E-state index >= 15 is 0 Å². The van der Waals surface area contributed by atoms with Gasteiger partial charge in [0.25, 0.3) is 0 Å². The number of hydrogen-bond acceptors (Lipinski definition) is 2. The first-order valence-electron chi connectivity index (χ1n) is 7.09. The first kappa shape index (κ1) is 17.7. The molecule has 1 saturated heterocycles. The zero-order valence-electron chi connectivity index (χ0n) is 11.9. The van der Waals surface area contributed by atoms with Gasteiger partial charge in [0.05, 0.1) is 5.02 Å². The van der Waals surface area contributed by atoms with E-state index in [1.807, 2.05) is 6.07 Å². The van der Waals surface area contributed by atoms with Gasteiger partial charge in [-0.1, -0.05) is 24.6 Å². The Morgan fingerprint density at radius 1 is 1.35 bits per heavy atom. The molecule has 1 aliphatic rings. The minimum Gasteiger partial charge on any atom is -0.317 e. The van der Waals surface area contributed by atoms with Crippen molar-refractivity contribution in [1.82, 2.24) is 10.2 Å². The highest BCUT2D eigenvalue weighted by atomic mass is 35.5. The van der Waals surface area contributed by atoms with Crippen LogP contribution in [0.3, 0.4) is 0 Å². The molecule has 0 radical (unpaired) electrons. The van der Waals surface area contributed by atoms with Gasteiger partial charge in [-0.3, -0.25) is 4.90 Å². The van der Waals surface area contributed by atoms with Gasteiger partial charge in [-0.25, -0.2) is 4.39 Å². The van der Waals surface area contributed by atoms with Gasteiger partial charge in [-0.15, -0.1) is 12.4 Å². The zero-order chi connectivity index (χ0) is 13.7. The molecular formula is C15H23Cl2FN2. The van der Waals surface area contributed by atoms with Crippen LogP contribution in [0.25, 0.3) is 0 Å². The van der Waals surface area contributed by atoms with Crippen LogP contribution in [-0.2, 0) is 6.54 Å².